The summed E-state index contributed by atoms with van der Waals surface area (Å²) < 4.78 is 52.7. The van der Waals surface area contributed by atoms with Crippen molar-refractivity contribution in [3.63, 3.8) is 0 Å². The predicted octanol–water partition coefficient (Wildman–Crippen LogP) is 4.23. The number of halogens is 4. The van der Waals surface area contributed by atoms with Crippen LogP contribution in [0.15, 0.2) is 18.2 Å². The Morgan fingerprint density at radius 1 is 1.09 bits per heavy atom. The van der Waals surface area contributed by atoms with Crippen LogP contribution in [-0.4, -0.2) is 31.1 Å². The van der Waals surface area contributed by atoms with E-state index in [4.69, 9.17) is 0 Å². The van der Waals surface area contributed by atoms with Crippen LogP contribution in [0.5, 0.6) is 0 Å². The number of alkyl halides is 3. The highest BCUT2D eigenvalue weighted by Crippen LogP contribution is 2.34. The second-order valence-corrected chi connectivity index (χ2v) is 6.54. The molecular weight excluding hydrogens is 308 g/mol. The van der Waals surface area contributed by atoms with Crippen LogP contribution in [-0.2, 0) is 6.18 Å². The lowest BCUT2D eigenvalue weighted by molar-refractivity contribution is -0.137. The molecule has 0 aliphatic carbocycles. The minimum absolute atomic E-state index is 0.170. The highest BCUT2D eigenvalue weighted by atomic mass is 19.4. The summed E-state index contributed by atoms with van der Waals surface area (Å²) >= 11 is 0. The van der Waals surface area contributed by atoms with Crippen LogP contribution in [0.4, 0.5) is 17.6 Å². The van der Waals surface area contributed by atoms with Gasteiger partial charge in [-0.3, -0.25) is 4.90 Å². The van der Waals surface area contributed by atoms with Gasteiger partial charge in [0.2, 0.25) is 0 Å². The number of benzene rings is 1. The molecule has 1 aliphatic heterocycles. The van der Waals surface area contributed by atoms with E-state index in [2.05, 4.69) is 24.1 Å². The first-order chi connectivity index (χ1) is 10.8. The van der Waals surface area contributed by atoms with Crippen molar-refractivity contribution in [2.75, 3.05) is 26.2 Å². The van der Waals surface area contributed by atoms with Gasteiger partial charge in [-0.15, -0.1) is 0 Å². The molecule has 1 fully saturated rings. The van der Waals surface area contributed by atoms with Gasteiger partial charge in [-0.05, 0) is 42.5 Å². The predicted molar refractivity (Wildman–Crippen MR) is 82.7 cm³/mol. The molecule has 0 bridgehead atoms. The molecule has 0 saturated carbocycles. The Morgan fingerprint density at radius 2 is 1.74 bits per heavy atom. The molecule has 1 atom stereocenters. The average Bonchev–Trinajstić information content (AvgIpc) is 2.47. The van der Waals surface area contributed by atoms with Crippen LogP contribution in [0.25, 0.3) is 0 Å². The lowest BCUT2D eigenvalue weighted by Gasteiger charge is -2.36. The van der Waals surface area contributed by atoms with Crippen LogP contribution in [0.2, 0.25) is 0 Å². The van der Waals surface area contributed by atoms with Crippen molar-refractivity contribution in [1.29, 1.82) is 0 Å². The van der Waals surface area contributed by atoms with E-state index < -0.39 is 17.6 Å². The number of nitrogens with zero attached hydrogens (tertiary/aromatic N) is 1. The summed E-state index contributed by atoms with van der Waals surface area (Å²) in [5, 5.41) is 3.24. The third-order valence-electron chi connectivity index (χ3n) is 4.24. The Hall–Kier alpha value is -1.14. The van der Waals surface area contributed by atoms with Gasteiger partial charge < -0.3 is 5.32 Å². The third-order valence-corrected chi connectivity index (χ3v) is 4.24. The van der Waals surface area contributed by atoms with Gasteiger partial charge in [-0.1, -0.05) is 13.8 Å². The van der Waals surface area contributed by atoms with Crippen molar-refractivity contribution in [2.24, 2.45) is 5.92 Å². The lowest BCUT2D eigenvalue weighted by Crippen LogP contribution is -2.45. The van der Waals surface area contributed by atoms with Gasteiger partial charge in [0.05, 0.1) is 5.56 Å². The average molecular weight is 332 g/mol. The van der Waals surface area contributed by atoms with Gasteiger partial charge in [0.25, 0.3) is 0 Å². The Balaban J connectivity index is 2.31. The van der Waals surface area contributed by atoms with Crippen LogP contribution >= 0.6 is 0 Å². The fourth-order valence-corrected chi connectivity index (χ4v) is 3.01. The number of hydrogen-bond acceptors (Lipinski definition) is 2. The van der Waals surface area contributed by atoms with Crippen molar-refractivity contribution < 1.29 is 17.6 Å². The normalized spacial score (nSPS) is 18.4. The summed E-state index contributed by atoms with van der Waals surface area (Å²) in [5.74, 6) is -0.365. The summed E-state index contributed by atoms with van der Waals surface area (Å²) in [5.41, 5.74) is -0.475. The molecule has 1 heterocycles. The minimum Gasteiger partial charge on any atom is -0.314 e. The van der Waals surface area contributed by atoms with Gasteiger partial charge in [-0.2, -0.15) is 13.2 Å². The number of piperazine rings is 1. The number of rotatable bonds is 5. The van der Waals surface area contributed by atoms with Crippen molar-refractivity contribution in [1.82, 2.24) is 10.2 Å². The highest BCUT2D eigenvalue weighted by molar-refractivity contribution is 5.29. The summed E-state index contributed by atoms with van der Waals surface area (Å²) in [6.07, 6.45) is -2.90. The van der Waals surface area contributed by atoms with Gasteiger partial charge in [0.15, 0.2) is 0 Å². The Labute approximate surface area is 134 Å². The number of hydrogen-bond donors (Lipinski definition) is 1. The van der Waals surface area contributed by atoms with E-state index in [0.717, 1.165) is 45.1 Å². The molecule has 1 aromatic carbocycles. The third kappa shape index (κ3) is 5.18. The first kappa shape index (κ1) is 18.2. The van der Waals surface area contributed by atoms with E-state index in [1.807, 2.05) is 0 Å². The molecule has 0 amide bonds. The van der Waals surface area contributed by atoms with E-state index >= 15 is 0 Å². The molecule has 0 aromatic heterocycles. The second-order valence-electron chi connectivity index (χ2n) is 6.54. The fourth-order valence-electron chi connectivity index (χ4n) is 3.01. The van der Waals surface area contributed by atoms with E-state index in [9.17, 15) is 17.6 Å². The maximum Gasteiger partial charge on any atom is 0.416 e. The zero-order valence-corrected chi connectivity index (χ0v) is 13.6. The van der Waals surface area contributed by atoms with Crippen molar-refractivity contribution in [2.45, 2.75) is 38.9 Å². The Morgan fingerprint density at radius 3 is 2.30 bits per heavy atom. The van der Waals surface area contributed by atoms with Crippen molar-refractivity contribution in [3.05, 3.63) is 35.1 Å². The van der Waals surface area contributed by atoms with Crippen LogP contribution in [0, 0.1) is 11.7 Å². The molecule has 1 aliphatic rings. The first-order valence-electron chi connectivity index (χ1n) is 8.10. The maximum atomic E-state index is 13.8. The molecule has 1 aromatic rings. The highest BCUT2D eigenvalue weighted by Gasteiger charge is 2.33. The molecule has 1 N–H and O–H groups in total. The SMILES string of the molecule is CC(C)CC[C@H](c1cc(F)cc(C(F)(F)F)c1)N1CCNCC1. The van der Waals surface area contributed by atoms with Crippen LogP contribution in [0.3, 0.4) is 0 Å². The van der Waals surface area contributed by atoms with Crippen molar-refractivity contribution >= 4 is 0 Å². The molecule has 2 rings (SSSR count). The molecule has 0 unspecified atom stereocenters. The molecular formula is C17H24F4N2. The monoisotopic (exact) mass is 332 g/mol. The van der Waals surface area contributed by atoms with Crippen LogP contribution < -0.4 is 5.32 Å². The molecule has 23 heavy (non-hydrogen) atoms. The zero-order valence-electron chi connectivity index (χ0n) is 13.6. The standard InChI is InChI=1S/C17H24F4N2/c1-12(2)3-4-16(23-7-5-22-6-8-23)13-9-14(17(19,20)21)11-15(18)10-13/h9-12,16,22H,3-8H2,1-2H3/t16-/m1/s1. The Kier molecular flexibility index (Phi) is 6.03. The van der Waals surface area contributed by atoms with Crippen molar-refractivity contribution in [3.8, 4) is 0 Å². The summed E-state index contributed by atoms with van der Waals surface area (Å²) in [6.45, 7) is 7.31. The largest absolute Gasteiger partial charge is 0.416 e. The summed E-state index contributed by atoms with van der Waals surface area (Å²) in [6, 6.07) is 2.76. The molecule has 130 valence electrons. The minimum atomic E-state index is -4.52. The van der Waals surface area contributed by atoms with Gasteiger partial charge in [-0.25, -0.2) is 4.39 Å². The van der Waals surface area contributed by atoms with Gasteiger partial charge in [0.1, 0.15) is 5.82 Å². The molecule has 2 nitrogen and oxygen atoms in total. The smallest absolute Gasteiger partial charge is 0.314 e. The second kappa shape index (κ2) is 7.62. The molecule has 6 heteroatoms. The van der Waals surface area contributed by atoms with E-state index in [0.29, 0.717) is 17.5 Å². The number of nitrogens with one attached hydrogen (secondary N) is 1. The molecule has 0 spiro atoms. The fraction of sp³-hybridized carbons (Fsp3) is 0.647. The maximum absolute atomic E-state index is 13.8. The van der Waals surface area contributed by atoms with Gasteiger partial charge in [0, 0.05) is 32.2 Å². The van der Waals surface area contributed by atoms with E-state index in [-0.39, 0.29) is 6.04 Å². The molecule has 0 radical (unpaired) electrons. The quantitative estimate of drug-likeness (QED) is 0.812. The van der Waals surface area contributed by atoms with Gasteiger partial charge >= 0.3 is 6.18 Å². The first-order valence-corrected chi connectivity index (χ1v) is 8.10. The van der Waals surface area contributed by atoms with E-state index in [1.165, 1.54) is 6.07 Å². The summed E-state index contributed by atoms with van der Waals surface area (Å²) in [7, 11) is 0. The van der Waals surface area contributed by atoms with E-state index in [1.54, 1.807) is 0 Å². The zero-order chi connectivity index (χ0) is 17.0. The van der Waals surface area contributed by atoms with Crippen LogP contribution in [0.1, 0.15) is 43.9 Å². The summed E-state index contributed by atoms with van der Waals surface area (Å²) in [4.78, 5) is 2.16. The molecule has 1 saturated heterocycles. The topological polar surface area (TPSA) is 15.3 Å². The Bertz CT molecular complexity index is 508. The lowest BCUT2D eigenvalue weighted by atomic mass is 9.94.